The van der Waals surface area contributed by atoms with E-state index in [1.165, 1.54) is 104 Å². The van der Waals surface area contributed by atoms with Crippen molar-refractivity contribution in [3.8, 4) is 0 Å². The summed E-state index contributed by atoms with van der Waals surface area (Å²) >= 11 is 0. The monoisotopic (exact) mass is 391 g/mol. The van der Waals surface area contributed by atoms with E-state index in [0.717, 1.165) is 12.0 Å². The molecule has 1 aliphatic carbocycles. The molecule has 4 rings (SSSR count). The number of hydrogen-bond donors (Lipinski definition) is 0. The molecule has 4 fully saturated rings. The molecule has 0 unspecified atom stereocenters. The van der Waals surface area contributed by atoms with Crippen LogP contribution in [0, 0.1) is 11.3 Å². The van der Waals surface area contributed by atoms with Gasteiger partial charge in [-0.25, -0.2) is 0 Å². The quantitative estimate of drug-likeness (QED) is 0.656. The zero-order valence-corrected chi connectivity index (χ0v) is 18.9. The smallest absolute Gasteiger partial charge is 0.0603 e. The van der Waals surface area contributed by atoms with Gasteiger partial charge in [-0.1, -0.05) is 13.8 Å². The van der Waals surface area contributed by atoms with Gasteiger partial charge in [-0.2, -0.15) is 0 Å². The summed E-state index contributed by atoms with van der Waals surface area (Å²) in [6.45, 7) is 13.7. The first-order chi connectivity index (χ1) is 13.5. The highest BCUT2D eigenvalue weighted by Gasteiger charge is 2.44. The molecule has 0 bridgehead atoms. The van der Waals surface area contributed by atoms with Gasteiger partial charge in [0.15, 0.2) is 0 Å². The van der Waals surface area contributed by atoms with Gasteiger partial charge < -0.3 is 19.4 Å². The average molecular weight is 392 g/mol. The summed E-state index contributed by atoms with van der Waals surface area (Å²) in [6, 6.07) is 0.834. The Kier molecular flexibility index (Phi) is 7.02. The van der Waals surface area contributed by atoms with Crippen LogP contribution >= 0.6 is 0 Å². The van der Waals surface area contributed by atoms with E-state index in [4.69, 9.17) is 4.74 Å². The molecule has 0 atom stereocenters. The number of hydrogen-bond acceptors (Lipinski definition) is 4. The van der Waals surface area contributed by atoms with E-state index < -0.39 is 0 Å². The third kappa shape index (κ3) is 5.71. The molecule has 3 saturated heterocycles. The first-order valence-corrected chi connectivity index (χ1v) is 12.3. The molecule has 3 aliphatic heterocycles. The lowest BCUT2D eigenvalue weighted by atomic mass is 9.93. The van der Waals surface area contributed by atoms with Crippen LogP contribution in [0.5, 0.6) is 0 Å². The Balaban J connectivity index is 1.12. The molecule has 0 aromatic rings. The maximum Gasteiger partial charge on any atom is 0.0603 e. The predicted molar refractivity (Wildman–Crippen MR) is 117 cm³/mol. The molecule has 0 aromatic carbocycles. The molecule has 0 amide bonds. The second-order valence-corrected chi connectivity index (χ2v) is 11.0. The Morgan fingerprint density at radius 3 is 1.93 bits per heavy atom. The third-order valence-corrected chi connectivity index (χ3v) is 7.96. The van der Waals surface area contributed by atoms with Crippen molar-refractivity contribution in [2.45, 2.75) is 89.9 Å². The number of likely N-dealkylation sites (tertiary alicyclic amines) is 3. The van der Waals surface area contributed by atoms with Crippen molar-refractivity contribution < 1.29 is 4.74 Å². The largest absolute Gasteiger partial charge is 0.375 e. The molecule has 0 radical (unpaired) electrons. The highest BCUT2D eigenvalue weighted by Crippen LogP contribution is 2.51. The second-order valence-electron chi connectivity index (χ2n) is 11.0. The van der Waals surface area contributed by atoms with Crippen molar-refractivity contribution >= 4 is 0 Å². The second kappa shape index (κ2) is 9.32. The van der Waals surface area contributed by atoms with Crippen LogP contribution in [-0.4, -0.2) is 85.8 Å². The van der Waals surface area contributed by atoms with Crippen LogP contribution in [0.4, 0.5) is 0 Å². The Morgan fingerprint density at radius 1 is 0.821 bits per heavy atom. The van der Waals surface area contributed by atoms with Crippen LogP contribution in [0.15, 0.2) is 0 Å². The molecular weight excluding hydrogens is 346 g/mol. The summed E-state index contributed by atoms with van der Waals surface area (Å²) < 4.78 is 6.58. The average Bonchev–Trinajstić information content (AvgIpc) is 3.43. The zero-order valence-electron chi connectivity index (χ0n) is 18.9. The minimum atomic E-state index is 0.523. The minimum Gasteiger partial charge on any atom is -0.375 e. The summed E-state index contributed by atoms with van der Waals surface area (Å²) in [6.07, 6.45) is 13.2. The van der Waals surface area contributed by atoms with Crippen LogP contribution < -0.4 is 0 Å². The van der Waals surface area contributed by atoms with Crippen molar-refractivity contribution in [2.24, 2.45) is 11.3 Å². The van der Waals surface area contributed by atoms with Gasteiger partial charge in [-0.05, 0) is 89.3 Å². The van der Waals surface area contributed by atoms with Gasteiger partial charge in [0, 0.05) is 38.8 Å². The Bertz CT molecular complexity index is 468. The fourth-order valence-corrected chi connectivity index (χ4v) is 6.16. The van der Waals surface area contributed by atoms with E-state index in [1.54, 1.807) is 0 Å². The SMILES string of the molecule is CC(C)CC1(CN2CCC(OC3CCN(C4CCN(C)CC4)CC3)CC2)CC1. The summed E-state index contributed by atoms with van der Waals surface area (Å²) in [7, 11) is 2.26. The number of rotatable bonds is 7. The van der Waals surface area contributed by atoms with E-state index in [-0.39, 0.29) is 0 Å². The van der Waals surface area contributed by atoms with Crippen LogP contribution in [0.2, 0.25) is 0 Å². The standard InChI is InChI=1S/C24H45N3O/c1-20(2)18-24(10-11-24)19-26-14-6-22(7-15-26)28-23-8-16-27(17-9-23)21-4-12-25(3)13-5-21/h20-23H,4-19H2,1-3H3. The number of nitrogens with zero attached hydrogens (tertiary/aromatic N) is 3. The highest BCUT2D eigenvalue weighted by molar-refractivity contribution is 4.96. The van der Waals surface area contributed by atoms with Crippen LogP contribution in [0.25, 0.3) is 0 Å². The summed E-state index contributed by atoms with van der Waals surface area (Å²) in [4.78, 5) is 7.99. The topological polar surface area (TPSA) is 19.0 Å². The number of piperidine rings is 3. The van der Waals surface area contributed by atoms with Gasteiger partial charge in [0.1, 0.15) is 0 Å². The highest BCUT2D eigenvalue weighted by atomic mass is 16.5. The van der Waals surface area contributed by atoms with Crippen molar-refractivity contribution in [1.82, 2.24) is 14.7 Å². The molecule has 4 nitrogen and oxygen atoms in total. The van der Waals surface area contributed by atoms with Crippen molar-refractivity contribution in [2.75, 3.05) is 52.9 Å². The van der Waals surface area contributed by atoms with E-state index in [9.17, 15) is 0 Å². The van der Waals surface area contributed by atoms with Gasteiger partial charge in [-0.15, -0.1) is 0 Å². The molecule has 162 valence electrons. The lowest BCUT2D eigenvalue weighted by molar-refractivity contribution is -0.0721. The zero-order chi connectivity index (χ0) is 19.6. The maximum absolute atomic E-state index is 6.58. The number of ether oxygens (including phenoxy) is 1. The van der Waals surface area contributed by atoms with Crippen molar-refractivity contribution in [1.29, 1.82) is 0 Å². The molecule has 1 saturated carbocycles. The fraction of sp³-hybridized carbons (Fsp3) is 1.00. The molecule has 0 spiro atoms. The van der Waals surface area contributed by atoms with E-state index >= 15 is 0 Å². The summed E-state index contributed by atoms with van der Waals surface area (Å²) in [5, 5.41) is 0. The third-order valence-electron chi connectivity index (χ3n) is 7.96. The van der Waals surface area contributed by atoms with Gasteiger partial charge in [0.25, 0.3) is 0 Å². The predicted octanol–water partition coefficient (Wildman–Crippen LogP) is 3.85. The Labute approximate surface area is 174 Å². The van der Waals surface area contributed by atoms with Crippen LogP contribution in [-0.2, 0) is 4.74 Å². The Morgan fingerprint density at radius 2 is 1.39 bits per heavy atom. The van der Waals surface area contributed by atoms with Gasteiger partial charge in [0.05, 0.1) is 12.2 Å². The van der Waals surface area contributed by atoms with Gasteiger partial charge in [0.2, 0.25) is 0 Å². The first-order valence-electron chi connectivity index (χ1n) is 12.3. The van der Waals surface area contributed by atoms with Crippen LogP contribution in [0.1, 0.15) is 71.6 Å². The molecule has 3 heterocycles. The lowest BCUT2D eigenvalue weighted by Gasteiger charge is -2.42. The van der Waals surface area contributed by atoms with Gasteiger partial charge in [-0.3, -0.25) is 0 Å². The van der Waals surface area contributed by atoms with Gasteiger partial charge >= 0.3 is 0 Å². The van der Waals surface area contributed by atoms with E-state index in [1.807, 2.05) is 0 Å². The molecule has 0 aromatic heterocycles. The van der Waals surface area contributed by atoms with Crippen molar-refractivity contribution in [3.05, 3.63) is 0 Å². The van der Waals surface area contributed by atoms with E-state index in [2.05, 4.69) is 35.6 Å². The molecule has 28 heavy (non-hydrogen) atoms. The molecule has 4 aliphatic rings. The summed E-state index contributed by atoms with van der Waals surface area (Å²) in [5.41, 5.74) is 0.683. The fourth-order valence-electron chi connectivity index (χ4n) is 6.16. The minimum absolute atomic E-state index is 0.523. The molecular formula is C24H45N3O. The molecule has 4 heteroatoms. The maximum atomic E-state index is 6.58. The Hall–Kier alpha value is -0.160. The first kappa shape index (κ1) is 21.1. The molecule has 0 N–H and O–H groups in total. The summed E-state index contributed by atoms with van der Waals surface area (Å²) in [5.74, 6) is 0.851. The normalized spacial score (nSPS) is 29.6. The lowest BCUT2D eigenvalue weighted by Crippen LogP contribution is -2.48. The van der Waals surface area contributed by atoms with Crippen LogP contribution in [0.3, 0.4) is 0 Å². The van der Waals surface area contributed by atoms with Crippen molar-refractivity contribution in [3.63, 3.8) is 0 Å². The van der Waals surface area contributed by atoms with E-state index in [0.29, 0.717) is 17.6 Å².